The summed E-state index contributed by atoms with van der Waals surface area (Å²) in [5.74, 6) is -0.925. The monoisotopic (exact) mass is 385 g/mol. The Balaban J connectivity index is 1.90. The third-order valence-electron chi connectivity index (χ3n) is 3.46. The second kappa shape index (κ2) is 8.98. The van der Waals surface area contributed by atoms with Crippen LogP contribution in [0.5, 0.6) is 0 Å². The predicted octanol–water partition coefficient (Wildman–Crippen LogP) is 3.15. The zero-order valence-electron chi connectivity index (χ0n) is 16.2. The van der Waals surface area contributed by atoms with Crippen molar-refractivity contribution in [3.05, 3.63) is 59.4 Å². The second-order valence-electron chi connectivity index (χ2n) is 6.93. The van der Waals surface area contributed by atoms with Gasteiger partial charge in [-0.1, -0.05) is 12.1 Å². The van der Waals surface area contributed by atoms with E-state index in [0.29, 0.717) is 12.2 Å². The number of hydrogen-bond acceptors (Lipinski definition) is 6. The number of hydrogen-bond donors (Lipinski definition) is 2. The van der Waals surface area contributed by atoms with Gasteiger partial charge in [0.15, 0.2) is 0 Å². The maximum Gasteiger partial charge on any atom is 0.407 e. The average Bonchev–Trinajstić information content (AvgIpc) is 2.65. The molecule has 28 heavy (non-hydrogen) atoms. The van der Waals surface area contributed by atoms with Crippen LogP contribution in [0.1, 0.15) is 47.2 Å². The first-order chi connectivity index (χ1) is 13.2. The Kier molecular flexibility index (Phi) is 6.70. The van der Waals surface area contributed by atoms with Gasteiger partial charge in [0.2, 0.25) is 0 Å². The quantitative estimate of drug-likeness (QED) is 0.766. The molecule has 0 saturated carbocycles. The van der Waals surface area contributed by atoms with Gasteiger partial charge in [0.1, 0.15) is 11.3 Å². The summed E-state index contributed by atoms with van der Waals surface area (Å²) in [4.78, 5) is 39.2. The molecule has 0 radical (unpaired) electrons. The highest BCUT2D eigenvalue weighted by Crippen LogP contribution is 2.12. The van der Waals surface area contributed by atoms with Crippen LogP contribution in [0, 0.1) is 0 Å². The first kappa shape index (κ1) is 20.9. The van der Waals surface area contributed by atoms with E-state index in [9.17, 15) is 14.4 Å². The molecule has 8 nitrogen and oxygen atoms in total. The first-order valence-electron chi connectivity index (χ1n) is 8.59. The predicted molar refractivity (Wildman–Crippen MR) is 103 cm³/mol. The number of benzene rings is 1. The van der Waals surface area contributed by atoms with Crippen LogP contribution in [0.4, 0.5) is 10.5 Å². The molecule has 2 amide bonds. The molecular formula is C20H23N3O5. The summed E-state index contributed by atoms with van der Waals surface area (Å²) in [6.45, 7) is 5.69. The highest BCUT2D eigenvalue weighted by molar-refractivity contribution is 6.03. The van der Waals surface area contributed by atoms with Crippen molar-refractivity contribution in [1.82, 2.24) is 10.3 Å². The van der Waals surface area contributed by atoms with Crippen molar-refractivity contribution in [2.24, 2.45) is 0 Å². The Bertz CT molecular complexity index is 840. The van der Waals surface area contributed by atoms with Crippen LogP contribution in [-0.4, -0.2) is 35.7 Å². The first-order valence-corrected chi connectivity index (χ1v) is 8.59. The van der Waals surface area contributed by atoms with E-state index in [0.717, 1.165) is 5.56 Å². The summed E-state index contributed by atoms with van der Waals surface area (Å²) in [5.41, 5.74) is 1.31. The average molecular weight is 385 g/mol. The lowest BCUT2D eigenvalue weighted by molar-refractivity contribution is 0.0522. The van der Waals surface area contributed by atoms with Crippen LogP contribution in [0.3, 0.4) is 0 Å². The third kappa shape index (κ3) is 6.39. The number of carbonyl (C=O) groups is 3. The maximum atomic E-state index is 12.2. The minimum absolute atomic E-state index is 0.170. The third-order valence-corrected chi connectivity index (χ3v) is 3.46. The molecule has 8 heteroatoms. The minimum Gasteiger partial charge on any atom is -0.465 e. The van der Waals surface area contributed by atoms with Gasteiger partial charge in [-0.3, -0.25) is 9.78 Å². The summed E-state index contributed by atoms with van der Waals surface area (Å²) >= 11 is 0. The van der Waals surface area contributed by atoms with Crippen LogP contribution < -0.4 is 10.6 Å². The van der Waals surface area contributed by atoms with E-state index in [1.807, 2.05) is 0 Å². The highest BCUT2D eigenvalue weighted by atomic mass is 16.6. The van der Waals surface area contributed by atoms with E-state index < -0.39 is 23.6 Å². The van der Waals surface area contributed by atoms with Crippen LogP contribution in [-0.2, 0) is 16.0 Å². The maximum absolute atomic E-state index is 12.2. The van der Waals surface area contributed by atoms with Gasteiger partial charge in [0.05, 0.1) is 12.7 Å². The lowest BCUT2D eigenvalue weighted by Gasteiger charge is -2.19. The van der Waals surface area contributed by atoms with E-state index in [1.54, 1.807) is 45.0 Å². The van der Waals surface area contributed by atoms with Crippen molar-refractivity contribution < 1.29 is 23.9 Å². The lowest BCUT2D eigenvalue weighted by atomic mass is 10.2. The Labute approximate surface area is 163 Å². The number of pyridine rings is 1. The van der Waals surface area contributed by atoms with Crippen LogP contribution in [0.2, 0.25) is 0 Å². The number of alkyl carbamates (subject to hydrolysis) is 1. The molecule has 0 bridgehead atoms. The lowest BCUT2D eigenvalue weighted by Crippen LogP contribution is -2.32. The van der Waals surface area contributed by atoms with Gasteiger partial charge >= 0.3 is 12.1 Å². The van der Waals surface area contributed by atoms with Crippen molar-refractivity contribution in [1.29, 1.82) is 0 Å². The number of carbonyl (C=O) groups excluding carboxylic acids is 3. The van der Waals surface area contributed by atoms with Crippen LogP contribution in [0.15, 0.2) is 42.6 Å². The molecule has 0 unspecified atom stereocenters. The topological polar surface area (TPSA) is 107 Å². The molecule has 0 aliphatic carbocycles. The fourth-order valence-corrected chi connectivity index (χ4v) is 2.16. The molecule has 0 atom stereocenters. The van der Waals surface area contributed by atoms with Gasteiger partial charge < -0.3 is 20.1 Å². The molecule has 0 fully saturated rings. The van der Waals surface area contributed by atoms with Crippen LogP contribution in [0.25, 0.3) is 0 Å². The van der Waals surface area contributed by atoms with E-state index in [4.69, 9.17) is 4.74 Å². The molecule has 1 aromatic heterocycles. The standard InChI is InChI=1S/C20H23N3O5/c1-20(2,3)28-19(26)22-11-13-5-8-15(9-6-13)23-17(24)16-10-7-14(12-21-16)18(25)27-4/h5-10,12H,11H2,1-4H3,(H,22,26)(H,23,24). The molecule has 1 aromatic carbocycles. The van der Waals surface area contributed by atoms with Gasteiger partial charge in [-0.05, 0) is 50.6 Å². The smallest absolute Gasteiger partial charge is 0.407 e. The SMILES string of the molecule is COC(=O)c1ccc(C(=O)Nc2ccc(CNC(=O)OC(C)(C)C)cc2)nc1. The zero-order valence-corrected chi connectivity index (χ0v) is 16.2. The molecule has 2 aromatic rings. The number of nitrogens with one attached hydrogen (secondary N) is 2. The van der Waals surface area contributed by atoms with Crippen LogP contribution >= 0.6 is 0 Å². The Morgan fingerprint density at radius 3 is 2.25 bits per heavy atom. The summed E-state index contributed by atoms with van der Waals surface area (Å²) in [5, 5.41) is 5.38. The number of amides is 2. The number of anilines is 1. The highest BCUT2D eigenvalue weighted by Gasteiger charge is 2.15. The Morgan fingerprint density at radius 2 is 1.71 bits per heavy atom. The number of ether oxygens (including phenoxy) is 2. The molecule has 0 aliphatic rings. The number of esters is 1. The molecule has 0 aliphatic heterocycles. The van der Waals surface area contributed by atoms with E-state index in [-0.39, 0.29) is 11.3 Å². The Hall–Kier alpha value is -3.42. The molecule has 2 rings (SSSR count). The fraction of sp³-hybridized carbons (Fsp3) is 0.300. The molecule has 148 valence electrons. The van der Waals surface area contributed by atoms with Crippen molar-refractivity contribution in [3.63, 3.8) is 0 Å². The molecule has 2 N–H and O–H groups in total. The van der Waals surface area contributed by atoms with Gasteiger partial charge in [0.25, 0.3) is 5.91 Å². The zero-order chi connectivity index (χ0) is 20.7. The summed E-state index contributed by atoms with van der Waals surface area (Å²) in [6.07, 6.45) is 0.790. The van der Waals surface area contributed by atoms with Gasteiger partial charge in [-0.25, -0.2) is 9.59 Å². The molecule has 1 heterocycles. The summed E-state index contributed by atoms with van der Waals surface area (Å²) in [6, 6.07) is 9.90. The number of methoxy groups -OCH3 is 1. The molecule has 0 saturated heterocycles. The van der Waals surface area contributed by atoms with Gasteiger partial charge in [-0.15, -0.1) is 0 Å². The summed E-state index contributed by atoms with van der Waals surface area (Å²) in [7, 11) is 1.27. The van der Waals surface area contributed by atoms with E-state index in [2.05, 4.69) is 20.4 Å². The van der Waals surface area contributed by atoms with E-state index in [1.165, 1.54) is 25.4 Å². The molecular weight excluding hydrogens is 362 g/mol. The van der Waals surface area contributed by atoms with Crippen molar-refractivity contribution in [3.8, 4) is 0 Å². The van der Waals surface area contributed by atoms with Crippen molar-refractivity contribution in [2.45, 2.75) is 32.9 Å². The number of rotatable bonds is 5. The van der Waals surface area contributed by atoms with E-state index >= 15 is 0 Å². The van der Waals surface area contributed by atoms with Crippen molar-refractivity contribution in [2.75, 3.05) is 12.4 Å². The van der Waals surface area contributed by atoms with Crippen molar-refractivity contribution >= 4 is 23.7 Å². The van der Waals surface area contributed by atoms with Gasteiger partial charge in [-0.2, -0.15) is 0 Å². The second-order valence-corrected chi connectivity index (χ2v) is 6.93. The summed E-state index contributed by atoms with van der Waals surface area (Å²) < 4.78 is 9.76. The number of nitrogens with zero attached hydrogens (tertiary/aromatic N) is 1. The van der Waals surface area contributed by atoms with Gasteiger partial charge in [0, 0.05) is 18.4 Å². The normalized spacial score (nSPS) is 10.7. The number of aromatic nitrogens is 1. The largest absolute Gasteiger partial charge is 0.465 e. The Morgan fingerprint density at radius 1 is 1.04 bits per heavy atom. The fourth-order valence-electron chi connectivity index (χ4n) is 2.16. The minimum atomic E-state index is -0.554. The molecule has 0 spiro atoms.